The maximum atomic E-state index is 12.2. The molecule has 1 aromatic rings. The summed E-state index contributed by atoms with van der Waals surface area (Å²) >= 11 is 0. The van der Waals surface area contributed by atoms with Crippen molar-refractivity contribution in [2.45, 2.75) is 62.5 Å². The van der Waals surface area contributed by atoms with Crippen LogP contribution < -0.4 is 11.2 Å². The predicted octanol–water partition coefficient (Wildman–Crippen LogP) is -3.46. The third-order valence-electron chi connectivity index (χ3n) is 5.35. The van der Waals surface area contributed by atoms with E-state index in [1.54, 1.807) is 0 Å². The number of nitrogens with zero attached hydrogens (tertiary/aromatic N) is 1. The zero-order valence-corrected chi connectivity index (χ0v) is 20.3. The largest absolute Gasteiger partial charge is 0.483 e. The second-order valence-corrected chi connectivity index (χ2v) is 11.0. The average molecular weight is 570 g/mol. The number of ether oxygens (including phenoxy) is 2. The Kier molecular flexibility index (Phi) is 9.08. The second kappa shape index (κ2) is 11.2. The van der Waals surface area contributed by atoms with E-state index >= 15 is 0 Å². The number of aromatic amines is 1. The van der Waals surface area contributed by atoms with Crippen LogP contribution in [0, 0.1) is 6.92 Å². The van der Waals surface area contributed by atoms with Gasteiger partial charge in [-0.2, -0.15) is 4.31 Å². The number of aromatic nitrogens is 2. The molecule has 18 nitrogen and oxygen atoms in total. The quantitative estimate of drug-likeness (QED) is 0.106. The number of H-pyrrole nitrogens is 1. The van der Waals surface area contributed by atoms with E-state index in [9.17, 15) is 48.9 Å². The molecule has 2 unspecified atom stereocenters. The minimum Gasteiger partial charge on any atom is -0.394 e. The first-order chi connectivity index (χ1) is 16.6. The first-order valence-corrected chi connectivity index (χ1v) is 13.3. The van der Waals surface area contributed by atoms with E-state index in [2.05, 4.69) is 18.3 Å². The summed E-state index contributed by atoms with van der Waals surface area (Å²) in [7, 11) is -10.9. The van der Waals surface area contributed by atoms with Crippen LogP contribution in [0.3, 0.4) is 0 Å². The van der Waals surface area contributed by atoms with Gasteiger partial charge in [0.05, 0.1) is 19.3 Å². The van der Waals surface area contributed by atoms with E-state index in [0.717, 1.165) is 4.57 Å². The van der Waals surface area contributed by atoms with E-state index in [-0.39, 0.29) is 12.0 Å². The number of aliphatic hydroxyl groups excluding tert-OH is 5. The lowest BCUT2D eigenvalue weighted by Crippen LogP contribution is -2.58. The van der Waals surface area contributed by atoms with Gasteiger partial charge < -0.3 is 44.8 Å². The fourth-order valence-corrected chi connectivity index (χ4v) is 5.62. The molecule has 0 aromatic carbocycles. The van der Waals surface area contributed by atoms with Crippen LogP contribution in [0.25, 0.3) is 0 Å². The van der Waals surface area contributed by atoms with E-state index in [4.69, 9.17) is 14.6 Å². The Morgan fingerprint density at radius 3 is 2.36 bits per heavy atom. The van der Waals surface area contributed by atoms with Gasteiger partial charge in [-0.15, -0.1) is 0 Å². The Labute approximate surface area is 201 Å². The van der Waals surface area contributed by atoms with Crippen molar-refractivity contribution >= 4 is 15.6 Å². The number of aryl methyl sites for hydroxylation is 1. The number of phosphoric ester groups is 2. The van der Waals surface area contributed by atoms with Crippen molar-refractivity contribution in [1.29, 1.82) is 0 Å². The van der Waals surface area contributed by atoms with Crippen molar-refractivity contribution in [3.05, 3.63) is 32.6 Å². The lowest BCUT2D eigenvalue weighted by Gasteiger charge is -2.39. The zero-order valence-electron chi connectivity index (χ0n) is 18.5. The van der Waals surface area contributed by atoms with Crippen molar-refractivity contribution in [3.8, 4) is 0 Å². The molecule has 0 bridgehead atoms. The first kappa shape index (κ1) is 29.2. The molecule has 0 aliphatic carbocycles. The molecule has 2 fully saturated rings. The second-order valence-electron chi connectivity index (χ2n) is 8.03. The molecule has 1 aromatic heterocycles. The van der Waals surface area contributed by atoms with Gasteiger partial charge in [-0.05, 0) is 6.92 Å². The molecule has 8 N–H and O–H groups in total. The molecule has 3 rings (SSSR count). The van der Waals surface area contributed by atoms with Crippen LogP contribution in [0.1, 0.15) is 18.2 Å². The highest BCUT2D eigenvalue weighted by Crippen LogP contribution is 2.61. The molecule has 0 amide bonds. The number of nitrogens with one attached hydrogen (secondary N) is 1. The number of hydrogen-bond acceptors (Lipinski definition) is 14. The predicted molar refractivity (Wildman–Crippen MR) is 112 cm³/mol. The average Bonchev–Trinajstić information content (AvgIpc) is 3.14. The summed E-state index contributed by atoms with van der Waals surface area (Å²) in [5, 5.41) is 48.5. The van der Waals surface area contributed by atoms with Crippen LogP contribution in [-0.2, 0) is 32.0 Å². The Balaban J connectivity index is 1.59. The highest BCUT2D eigenvalue weighted by molar-refractivity contribution is 7.61. The first-order valence-electron chi connectivity index (χ1n) is 10.3. The van der Waals surface area contributed by atoms with Crippen LogP contribution in [0.5, 0.6) is 0 Å². The zero-order chi connectivity index (χ0) is 27.0. The molecule has 20 heteroatoms. The summed E-state index contributed by atoms with van der Waals surface area (Å²) in [4.78, 5) is 45.2. The fourth-order valence-electron chi connectivity index (χ4n) is 3.46. The van der Waals surface area contributed by atoms with Gasteiger partial charge in [-0.25, -0.2) is 13.9 Å². The van der Waals surface area contributed by atoms with E-state index < -0.39 is 89.2 Å². The Morgan fingerprint density at radius 2 is 1.72 bits per heavy atom. The van der Waals surface area contributed by atoms with Crippen LogP contribution in [0.2, 0.25) is 0 Å². The highest BCUT2D eigenvalue weighted by atomic mass is 31.3. The third-order valence-corrected chi connectivity index (χ3v) is 7.95. The number of rotatable bonds is 9. The van der Waals surface area contributed by atoms with Crippen LogP contribution in [-0.4, -0.2) is 101 Å². The molecule has 3 heterocycles. The van der Waals surface area contributed by atoms with Gasteiger partial charge in [0.15, 0.2) is 6.29 Å². The van der Waals surface area contributed by atoms with Gasteiger partial charge in [0.25, 0.3) is 5.56 Å². The summed E-state index contributed by atoms with van der Waals surface area (Å²) in [6.07, 6.45) is -12.2. The topological polar surface area (TPSA) is 277 Å². The molecule has 10 atom stereocenters. The molecule has 0 spiro atoms. The normalized spacial score (nSPS) is 36.3. The molecule has 2 saturated heterocycles. The number of phosphoric acid groups is 2. The summed E-state index contributed by atoms with van der Waals surface area (Å²) in [6, 6.07) is 0. The molecule has 206 valence electrons. The van der Waals surface area contributed by atoms with Crippen molar-refractivity contribution in [1.82, 2.24) is 9.55 Å². The molecule has 0 radical (unpaired) electrons. The molecule has 2 aliphatic heterocycles. The van der Waals surface area contributed by atoms with Crippen molar-refractivity contribution in [3.63, 3.8) is 0 Å². The minimum absolute atomic E-state index is 0.172. The Morgan fingerprint density at radius 1 is 1.06 bits per heavy atom. The monoisotopic (exact) mass is 570 g/mol. The van der Waals surface area contributed by atoms with Crippen molar-refractivity contribution in [2.75, 3.05) is 13.2 Å². The van der Waals surface area contributed by atoms with E-state index in [1.807, 2.05) is 0 Å². The molecule has 36 heavy (non-hydrogen) atoms. The summed E-state index contributed by atoms with van der Waals surface area (Å²) < 4.78 is 48.8. The van der Waals surface area contributed by atoms with Gasteiger partial charge in [-0.1, -0.05) is 0 Å². The van der Waals surface area contributed by atoms with E-state index in [1.165, 1.54) is 13.1 Å². The molecular formula is C16H26N2O16P2. The number of hydrogen-bond donors (Lipinski definition) is 8. The third kappa shape index (κ3) is 6.75. The van der Waals surface area contributed by atoms with Crippen LogP contribution >= 0.6 is 15.6 Å². The fraction of sp³-hybridized carbons (Fsp3) is 0.750. The lowest BCUT2D eigenvalue weighted by atomic mass is 10.2. The van der Waals surface area contributed by atoms with Crippen LogP contribution in [0.4, 0.5) is 0 Å². The summed E-state index contributed by atoms with van der Waals surface area (Å²) in [5.74, 6) is 0. The van der Waals surface area contributed by atoms with Crippen LogP contribution in [0.15, 0.2) is 15.8 Å². The van der Waals surface area contributed by atoms with Gasteiger partial charge in [-0.3, -0.25) is 23.4 Å². The summed E-state index contributed by atoms with van der Waals surface area (Å²) in [5.41, 5.74) is -1.27. The van der Waals surface area contributed by atoms with E-state index in [0.29, 0.717) is 0 Å². The molecule has 0 saturated carbocycles. The Bertz CT molecular complexity index is 1140. The maximum Gasteiger partial charge on any atom is 0.483 e. The molecule has 2 aliphatic rings. The minimum atomic E-state index is -5.54. The van der Waals surface area contributed by atoms with Gasteiger partial charge in [0, 0.05) is 18.2 Å². The smallest absolute Gasteiger partial charge is 0.394 e. The van der Waals surface area contributed by atoms with Crippen molar-refractivity contribution < 1.29 is 67.3 Å². The van der Waals surface area contributed by atoms with Gasteiger partial charge in [0.2, 0.25) is 0 Å². The summed E-state index contributed by atoms with van der Waals surface area (Å²) in [6.45, 7) is -0.305. The number of aliphatic hydroxyl groups is 5. The SMILES string of the molecule is Cc1cn([C@H]2C[C@H](O)[C@@H](COP(=O)(O)OP(=O)(O)O[13C@H]3O[13C@H]([13CH2]O)[13C@@H](O)[13C@H](O)[13C@H]3O)O2)c(=O)[nH]c1=O. The van der Waals surface area contributed by atoms with Gasteiger partial charge in [0.1, 0.15) is 36.7 Å². The standard InChI is InChI=1S/C16H26N2O16P2/c1-6-3-18(16(25)17-14(6)24)10-2-7(20)9(31-10)5-30-35(26,27)34-36(28,29)33-15-13(23)12(22)11(21)8(4-19)32-15/h3,7-13,15,19-23H,2,4-5H2,1H3,(H,26,27)(H,28,29)(H,17,24,25)/t7-,8+,9+,10+,11+,12-,13+,15+/m0/s1/i4+1,8+1,11+1,12+1,13+1,15+1. The van der Waals surface area contributed by atoms with Gasteiger partial charge >= 0.3 is 21.3 Å². The Hall–Kier alpha value is -1.34. The van der Waals surface area contributed by atoms with Crippen molar-refractivity contribution in [2.24, 2.45) is 0 Å². The lowest BCUT2D eigenvalue weighted by molar-refractivity contribution is -0.280. The molecular weight excluding hydrogens is 544 g/mol. The maximum absolute atomic E-state index is 12.2. The highest BCUT2D eigenvalue weighted by Gasteiger charge is 2.48.